The van der Waals surface area contributed by atoms with E-state index in [4.69, 9.17) is 19.7 Å². The fourth-order valence-electron chi connectivity index (χ4n) is 10.2. The minimum absolute atomic E-state index is 0.0463. The van der Waals surface area contributed by atoms with Crippen molar-refractivity contribution in [3.63, 3.8) is 0 Å². The van der Waals surface area contributed by atoms with Gasteiger partial charge in [-0.25, -0.2) is 36.2 Å². The average Bonchev–Trinajstić information content (AvgIpc) is 1.71. The Labute approximate surface area is 518 Å². The van der Waals surface area contributed by atoms with E-state index in [2.05, 4.69) is 33.2 Å². The summed E-state index contributed by atoms with van der Waals surface area (Å²) in [5.74, 6) is -1.61. The molecule has 6 rings (SSSR count). The van der Waals surface area contributed by atoms with Gasteiger partial charge in [0.15, 0.2) is 0 Å². The molecular formula is C60H95N11O14S2. The number of likely N-dealkylation sites (tertiary alicyclic amines) is 2. The number of fused-ring (bicyclic) bond motifs is 2. The fourth-order valence-corrected chi connectivity index (χ4v) is 12.1. The van der Waals surface area contributed by atoms with E-state index >= 15 is 0 Å². The number of carbonyl (C=O) groups excluding carboxylic acids is 6. The van der Waals surface area contributed by atoms with Gasteiger partial charge in [-0.05, 0) is 131 Å². The Morgan fingerprint density at radius 3 is 1.23 bits per heavy atom. The standard InChI is InChI=1S/C40H70N8O10S2.2C7H7NO2.C6H11N/c1-25(43(9)37(53)57-39(3,4)5)33(49)41-27(35(51)45-21-17-31-29(45)19-23-47(31)59(11)55)15-13-14-16-28(42-34(50)26(2)44(10)38(54)58-40(6,7)8)36(52)46-22-18-32-30(46)20-24-48(32)60(12)56;2*9-7(10)8-6-4-2-1-3-5-6;1-4-5-6(2)7-3/h25-32H,13-24H2,1-12H3,(H,41,49)(H,42,50);2*1-5,8H,(H,9,10);4-5,7H,1H2,2-3H3/b;;;6-5+/t25-,26-,27?,28?,29?,30?,31?,32?,59?,60?;;;/m0.../s1. The van der Waals surface area contributed by atoms with E-state index in [1.54, 1.807) is 132 Å². The molecule has 4 aliphatic rings. The summed E-state index contributed by atoms with van der Waals surface area (Å²) in [5, 5.41) is 29.7. The first-order valence-corrected chi connectivity index (χ1v) is 32.1. The van der Waals surface area contributed by atoms with Gasteiger partial charge in [0.05, 0.1) is 22.0 Å². The van der Waals surface area contributed by atoms with Gasteiger partial charge < -0.3 is 45.4 Å². The maximum absolute atomic E-state index is 14.4. The predicted octanol–water partition coefficient (Wildman–Crippen LogP) is 6.81. The lowest BCUT2D eigenvalue weighted by atomic mass is 10.0. The highest BCUT2D eigenvalue weighted by molar-refractivity contribution is 7.82. The van der Waals surface area contributed by atoms with Crippen molar-refractivity contribution in [2.45, 2.75) is 173 Å². The molecule has 2 aromatic carbocycles. The minimum Gasteiger partial charge on any atom is -0.465 e. The maximum Gasteiger partial charge on any atom is 0.410 e. The Bertz CT molecular complexity index is 2540. The Kier molecular flexibility index (Phi) is 29.9. The fraction of sp³-hybridized carbons (Fsp3) is 0.600. The van der Waals surface area contributed by atoms with E-state index in [0.29, 0.717) is 76.1 Å². The lowest BCUT2D eigenvalue weighted by Gasteiger charge is -2.32. The van der Waals surface area contributed by atoms with E-state index < -0.39 is 93.5 Å². The molecule has 2 aromatic rings. The molecule has 27 heteroatoms. The number of carboxylic acid groups (broad SMARTS) is 2. The van der Waals surface area contributed by atoms with Crippen LogP contribution in [-0.2, 0) is 50.6 Å². The second-order valence-electron chi connectivity index (χ2n) is 23.5. The normalized spacial score (nSPS) is 20.1. The summed E-state index contributed by atoms with van der Waals surface area (Å²) in [6.07, 6.45) is 7.33. The van der Waals surface area contributed by atoms with E-state index in [0.717, 1.165) is 5.70 Å². The summed E-state index contributed by atoms with van der Waals surface area (Å²) >= 11 is 0. The van der Waals surface area contributed by atoms with Crippen LogP contribution in [0.25, 0.3) is 0 Å². The zero-order valence-corrected chi connectivity index (χ0v) is 54.7. The molecule has 0 spiro atoms. The Hall–Kier alpha value is -7.10. The summed E-state index contributed by atoms with van der Waals surface area (Å²) in [5.41, 5.74) is 0.760. The number of hydrogen-bond acceptors (Lipinski definition) is 13. The number of allylic oxidation sites excluding steroid dienone is 3. The molecule has 87 heavy (non-hydrogen) atoms. The molecule has 486 valence electrons. The van der Waals surface area contributed by atoms with Gasteiger partial charge in [0, 0.05) is 101 Å². The Morgan fingerprint density at radius 2 is 0.954 bits per heavy atom. The van der Waals surface area contributed by atoms with Gasteiger partial charge >= 0.3 is 24.4 Å². The number of unbranched alkanes of at least 4 members (excludes halogenated alkanes) is 1. The number of benzene rings is 2. The topological polar surface area (TPSA) is 309 Å². The van der Waals surface area contributed by atoms with Crippen LogP contribution in [0.1, 0.15) is 114 Å². The number of likely N-dealkylation sites (N-methyl/N-ethyl adjacent to an activating group) is 2. The molecule has 25 nitrogen and oxygen atoms in total. The van der Waals surface area contributed by atoms with Gasteiger partial charge in [0.25, 0.3) is 0 Å². The molecule has 8 unspecified atom stereocenters. The molecular weight excluding hydrogens is 1160 g/mol. The van der Waals surface area contributed by atoms with Gasteiger partial charge in [0.1, 0.15) is 35.4 Å². The SMILES string of the molecule is C=C/C=C(\C)NC.C[C@@H](C(=O)NC(CCCCC(NC(=O)[C@H](C)N(C)C(=O)OC(C)(C)C)C(=O)N1CCC2C1CCN2S(C)=O)C(=O)N1CCC2C1CCN2S(C)=O)N(C)C(=O)OC(C)(C)C.O=C(O)Nc1ccccc1.O=C(O)Nc1ccccc1. The van der Waals surface area contributed by atoms with Crippen molar-refractivity contribution in [2.75, 3.05) is 70.5 Å². The van der Waals surface area contributed by atoms with Crippen molar-refractivity contribution >= 4 is 81.3 Å². The molecule has 4 heterocycles. The van der Waals surface area contributed by atoms with Crippen LogP contribution >= 0.6 is 0 Å². The summed E-state index contributed by atoms with van der Waals surface area (Å²) in [4.78, 5) is 108. The maximum atomic E-state index is 14.4. The molecule has 0 aliphatic carbocycles. The lowest BCUT2D eigenvalue weighted by molar-refractivity contribution is -0.138. The Balaban J connectivity index is 0.000000594. The molecule has 4 fully saturated rings. The third-order valence-electron chi connectivity index (χ3n) is 14.8. The zero-order valence-electron chi connectivity index (χ0n) is 53.0. The second kappa shape index (κ2) is 35.0. The highest BCUT2D eigenvalue weighted by atomic mass is 32.2. The quantitative estimate of drug-likeness (QED) is 0.0561. The van der Waals surface area contributed by atoms with Crippen LogP contribution in [0, 0.1) is 0 Å². The predicted molar refractivity (Wildman–Crippen MR) is 337 cm³/mol. The van der Waals surface area contributed by atoms with Gasteiger partial charge in [-0.15, -0.1) is 0 Å². The number of amides is 8. The first-order valence-electron chi connectivity index (χ1n) is 29.1. The summed E-state index contributed by atoms with van der Waals surface area (Å²) in [6, 6.07) is 13.2. The first-order chi connectivity index (χ1) is 40.7. The summed E-state index contributed by atoms with van der Waals surface area (Å²) in [7, 11) is 2.43. The van der Waals surface area contributed by atoms with Crippen LogP contribution in [0.5, 0.6) is 0 Å². The van der Waals surface area contributed by atoms with Gasteiger partial charge in [-0.1, -0.05) is 61.9 Å². The minimum atomic E-state index is -1.19. The molecule has 0 aromatic heterocycles. The van der Waals surface area contributed by atoms with Gasteiger partial charge in [0.2, 0.25) is 23.6 Å². The van der Waals surface area contributed by atoms with Crippen molar-refractivity contribution in [1.29, 1.82) is 0 Å². The lowest BCUT2D eigenvalue weighted by Crippen LogP contribution is -2.55. The number of nitrogens with zero attached hydrogens (tertiary/aromatic N) is 6. The van der Waals surface area contributed by atoms with Crippen molar-refractivity contribution in [3.8, 4) is 0 Å². The van der Waals surface area contributed by atoms with E-state index in [9.17, 15) is 46.8 Å². The number of nitrogens with one attached hydrogen (secondary N) is 5. The van der Waals surface area contributed by atoms with Crippen LogP contribution in [0.4, 0.5) is 30.6 Å². The smallest absolute Gasteiger partial charge is 0.410 e. The van der Waals surface area contributed by atoms with E-state index in [1.165, 1.54) is 23.9 Å². The monoisotopic (exact) mass is 1260 g/mol. The van der Waals surface area contributed by atoms with Gasteiger partial charge in [-0.2, -0.15) is 0 Å². The number of ether oxygens (including phenoxy) is 2. The Morgan fingerprint density at radius 1 is 0.621 bits per heavy atom. The summed E-state index contributed by atoms with van der Waals surface area (Å²) in [6.45, 7) is 21.1. The van der Waals surface area contributed by atoms with Crippen LogP contribution in [0.15, 0.2) is 85.1 Å². The van der Waals surface area contributed by atoms with Gasteiger partial charge in [-0.3, -0.25) is 39.6 Å². The highest BCUT2D eigenvalue weighted by Gasteiger charge is 2.49. The van der Waals surface area contributed by atoms with Crippen molar-refractivity contribution in [1.82, 2.24) is 44.2 Å². The molecule has 10 atom stereocenters. The number of rotatable bonds is 19. The first kappa shape index (κ1) is 74.2. The largest absolute Gasteiger partial charge is 0.465 e. The molecule has 4 saturated heterocycles. The van der Waals surface area contributed by atoms with Crippen molar-refractivity contribution < 1.29 is 66.5 Å². The average molecular weight is 1260 g/mol. The van der Waals surface area contributed by atoms with E-state index in [1.807, 2.05) is 40.8 Å². The van der Waals surface area contributed by atoms with Crippen molar-refractivity contribution in [2.24, 2.45) is 0 Å². The third kappa shape index (κ3) is 24.2. The third-order valence-corrected chi connectivity index (χ3v) is 17.1. The van der Waals surface area contributed by atoms with Crippen LogP contribution in [0.2, 0.25) is 0 Å². The molecule has 4 aliphatic heterocycles. The molecule has 8 amide bonds. The second-order valence-corrected chi connectivity index (χ2v) is 26.1. The van der Waals surface area contributed by atoms with E-state index in [-0.39, 0.29) is 48.8 Å². The molecule has 0 saturated carbocycles. The molecule has 7 N–H and O–H groups in total. The number of hydrogen-bond donors (Lipinski definition) is 7. The zero-order chi connectivity index (χ0) is 65.5. The van der Waals surface area contributed by atoms with Crippen LogP contribution in [-0.4, -0.2) is 214 Å². The molecule has 0 bridgehead atoms. The molecule has 0 radical (unpaired) electrons. The van der Waals surface area contributed by atoms with Crippen LogP contribution < -0.4 is 26.6 Å². The highest BCUT2D eigenvalue weighted by Crippen LogP contribution is 2.35. The number of anilines is 2. The van der Waals surface area contributed by atoms with Crippen LogP contribution in [0.3, 0.4) is 0 Å². The summed E-state index contributed by atoms with van der Waals surface area (Å²) < 4.78 is 39.6. The van der Waals surface area contributed by atoms with Crippen molar-refractivity contribution in [3.05, 3.63) is 85.1 Å². The number of para-hydroxylation sites is 2. The number of carbonyl (C=O) groups is 8.